The molecular formula is C32H28N8O6. The minimum atomic E-state index is -0.488. The summed E-state index contributed by atoms with van der Waals surface area (Å²) in [7, 11) is 0. The number of hydrogen-bond acceptors (Lipinski definition) is 12. The summed E-state index contributed by atoms with van der Waals surface area (Å²) in [6.07, 6.45) is 6.74. The van der Waals surface area contributed by atoms with E-state index in [2.05, 4.69) is 20.5 Å². The Labute approximate surface area is 262 Å². The minimum absolute atomic E-state index is 0.0264. The van der Waals surface area contributed by atoms with Crippen molar-refractivity contribution in [2.75, 3.05) is 0 Å². The zero-order valence-corrected chi connectivity index (χ0v) is 24.3. The molecule has 232 valence electrons. The fourth-order valence-electron chi connectivity index (χ4n) is 4.72. The number of nitro benzene ring substituents is 2. The van der Waals surface area contributed by atoms with Crippen molar-refractivity contribution in [2.45, 2.75) is 37.8 Å². The first-order chi connectivity index (χ1) is 22.2. The first kappa shape index (κ1) is 31.3. The number of aromatic hydroxyl groups is 2. The molecule has 1 aliphatic carbocycles. The van der Waals surface area contributed by atoms with Crippen LogP contribution in [0.4, 0.5) is 34.1 Å². The van der Waals surface area contributed by atoms with Gasteiger partial charge in [0.15, 0.2) is 0 Å². The third-order valence-corrected chi connectivity index (χ3v) is 7.21. The predicted molar refractivity (Wildman–Crippen MR) is 172 cm³/mol. The van der Waals surface area contributed by atoms with Crippen molar-refractivity contribution < 1.29 is 20.1 Å². The number of nitrogens with zero attached hydrogens (tertiary/aromatic N) is 8. The summed E-state index contributed by atoms with van der Waals surface area (Å²) >= 11 is 0. The number of azo groups is 2. The van der Waals surface area contributed by atoms with Crippen LogP contribution in [0.15, 0.2) is 115 Å². The van der Waals surface area contributed by atoms with Gasteiger partial charge in [-0.2, -0.15) is 20.5 Å². The van der Waals surface area contributed by atoms with E-state index in [1.165, 1.54) is 60.7 Å². The standard InChI is InChI=1S/C32H28N8O6/c41-31-15-9-25(37-35-23-5-11-27(12-6-23)39(43)44)17-21(31)19-33-29-3-1-2-4-30(29)34-20-22-18-26(10-16-32(22)42)38-36-24-7-13-28(14-8-24)40(45)46/h5-20,29-30,41-42H,1-4H2. The fourth-order valence-corrected chi connectivity index (χ4v) is 4.72. The molecule has 0 radical (unpaired) electrons. The molecule has 0 spiro atoms. The molecule has 14 nitrogen and oxygen atoms in total. The summed E-state index contributed by atoms with van der Waals surface area (Å²) in [6.45, 7) is 0. The van der Waals surface area contributed by atoms with Crippen molar-refractivity contribution in [3.8, 4) is 11.5 Å². The lowest BCUT2D eigenvalue weighted by Crippen LogP contribution is -2.27. The molecule has 4 aromatic rings. The molecule has 0 bridgehead atoms. The number of nitro groups is 2. The van der Waals surface area contributed by atoms with Crippen molar-refractivity contribution in [3.63, 3.8) is 0 Å². The van der Waals surface area contributed by atoms with Crippen LogP contribution in [-0.4, -0.2) is 44.6 Å². The number of non-ortho nitro benzene ring substituents is 2. The van der Waals surface area contributed by atoms with E-state index >= 15 is 0 Å². The first-order valence-electron chi connectivity index (χ1n) is 14.3. The molecule has 1 saturated carbocycles. The summed E-state index contributed by atoms with van der Waals surface area (Å²) < 4.78 is 0. The van der Waals surface area contributed by atoms with Gasteiger partial charge < -0.3 is 10.2 Å². The van der Waals surface area contributed by atoms with E-state index in [-0.39, 0.29) is 35.0 Å². The van der Waals surface area contributed by atoms with Gasteiger partial charge in [0.25, 0.3) is 11.4 Å². The second-order valence-electron chi connectivity index (χ2n) is 10.4. The molecule has 5 rings (SSSR count). The molecule has 0 saturated heterocycles. The van der Waals surface area contributed by atoms with Gasteiger partial charge >= 0.3 is 0 Å². The zero-order chi connectivity index (χ0) is 32.5. The van der Waals surface area contributed by atoms with Crippen LogP contribution in [0.25, 0.3) is 0 Å². The molecule has 0 heterocycles. The molecule has 1 aliphatic rings. The highest BCUT2D eigenvalue weighted by molar-refractivity contribution is 5.86. The van der Waals surface area contributed by atoms with E-state index in [1.54, 1.807) is 36.7 Å². The third kappa shape index (κ3) is 8.25. The quantitative estimate of drug-likeness (QED) is 0.0768. The Bertz CT molecular complexity index is 1700. The van der Waals surface area contributed by atoms with E-state index in [9.17, 15) is 30.4 Å². The lowest BCUT2D eigenvalue weighted by Gasteiger charge is -2.25. The number of benzene rings is 4. The molecule has 4 aromatic carbocycles. The molecule has 2 unspecified atom stereocenters. The highest BCUT2D eigenvalue weighted by Gasteiger charge is 2.23. The van der Waals surface area contributed by atoms with E-state index in [0.29, 0.717) is 33.9 Å². The van der Waals surface area contributed by atoms with Crippen LogP contribution in [-0.2, 0) is 0 Å². The van der Waals surface area contributed by atoms with E-state index in [1.807, 2.05) is 0 Å². The average molecular weight is 621 g/mol. The van der Waals surface area contributed by atoms with E-state index in [4.69, 9.17) is 9.98 Å². The normalized spacial score (nSPS) is 17.0. The lowest BCUT2D eigenvalue weighted by atomic mass is 9.91. The summed E-state index contributed by atoms with van der Waals surface area (Å²) in [4.78, 5) is 30.2. The SMILES string of the molecule is O=[N+]([O-])c1ccc(N=Nc2ccc(O)c(C=NC3CCCCC3N=Cc3cc(N=Nc4ccc([N+](=O)[O-])cc4)ccc3O)c2)cc1. The summed E-state index contributed by atoms with van der Waals surface area (Å²) in [5.74, 6) is 0.0528. The topological polar surface area (TPSA) is 201 Å². The number of rotatable bonds is 10. The summed E-state index contributed by atoms with van der Waals surface area (Å²) in [5.41, 5.74) is 2.66. The zero-order valence-electron chi connectivity index (χ0n) is 24.3. The number of hydrogen-bond donors (Lipinski definition) is 2. The lowest BCUT2D eigenvalue weighted by molar-refractivity contribution is -0.385. The molecular weight excluding hydrogens is 592 g/mol. The fraction of sp³-hybridized carbons (Fsp3) is 0.188. The monoisotopic (exact) mass is 620 g/mol. The summed E-state index contributed by atoms with van der Waals surface area (Å²) in [6, 6.07) is 20.5. The van der Waals surface area contributed by atoms with Crippen molar-refractivity contribution >= 4 is 46.6 Å². The third-order valence-electron chi connectivity index (χ3n) is 7.21. The van der Waals surface area contributed by atoms with Crippen molar-refractivity contribution in [3.05, 3.63) is 116 Å². The minimum Gasteiger partial charge on any atom is -0.507 e. The van der Waals surface area contributed by atoms with Gasteiger partial charge in [0.05, 0.1) is 44.7 Å². The molecule has 0 aromatic heterocycles. The van der Waals surface area contributed by atoms with Gasteiger partial charge in [-0.05, 0) is 73.5 Å². The van der Waals surface area contributed by atoms with E-state index in [0.717, 1.165) is 25.7 Å². The van der Waals surface area contributed by atoms with Crippen LogP contribution in [0.3, 0.4) is 0 Å². The van der Waals surface area contributed by atoms with Crippen LogP contribution in [0, 0.1) is 20.2 Å². The van der Waals surface area contributed by atoms with Crippen LogP contribution >= 0.6 is 0 Å². The van der Waals surface area contributed by atoms with Gasteiger partial charge in [0, 0.05) is 47.8 Å². The van der Waals surface area contributed by atoms with Gasteiger partial charge in [-0.15, -0.1) is 0 Å². The molecule has 2 atom stereocenters. The van der Waals surface area contributed by atoms with Crippen molar-refractivity contribution in [2.24, 2.45) is 30.4 Å². The molecule has 46 heavy (non-hydrogen) atoms. The maximum absolute atomic E-state index is 10.8. The maximum atomic E-state index is 10.8. The average Bonchev–Trinajstić information content (AvgIpc) is 3.07. The highest BCUT2D eigenvalue weighted by Crippen LogP contribution is 2.29. The van der Waals surface area contributed by atoms with Gasteiger partial charge in [0.2, 0.25) is 0 Å². The Morgan fingerprint density at radius 3 is 1.28 bits per heavy atom. The van der Waals surface area contributed by atoms with E-state index < -0.39 is 9.85 Å². The van der Waals surface area contributed by atoms with Crippen LogP contribution in [0.2, 0.25) is 0 Å². The maximum Gasteiger partial charge on any atom is 0.269 e. The Balaban J connectivity index is 1.27. The predicted octanol–water partition coefficient (Wildman–Crippen LogP) is 8.59. The Morgan fingerprint density at radius 1 is 0.565 bits per heavy atom. The highest BCUT2D eigenvalue weighted by atomic mass is 16.6. The Hall–Kier alpha value is -6.18. The second-order valence-corrected chi connectivity index (χ2v) is 10.4. The van der Waals surface area contributed by atoms with Crippen molar-refractivity contribution in [1.82, 2.24) is 0 Å². The number of phenols is 2. The Morgan fingerprint density at radius 2 is 0.913 bits per heavy atom. The van der Waals surface area contributed by atoms with Gasteiger partial charge in [-0.3, -0.25) is 30.2 Å². The van der Waals surface area contributed by atoms with Gasteiger partial charge in [-0.1, -0.05) is 12.8 Å². The molecule has 1 fully saturated rings. The first-order valence-corrected chi connectivity index (χ1v) is 14.3. The second kappa shape index (κ2) is 14.5. The largest absolute Gasteiger partial charge is 0.507 e. The van der Waals surface area contributed by atoms with Crippen LogP contribution in [0.1, 0.15) is 36.8 Å². The van der Waals surface area contributed by atoms with Crippen LogP contribution < -0.4 is 0 Å². The molecule has 2 N–H and O–H groups in total. The molecule has 14 heteroatoms. The smallest absolute Gasteiger partial charge is 0.269 e. The molecule has 0 amide bonds. The number of aliphatic imine (C=N–C) groups is 2. The van der Waals surface area contributed by atoms with Crippen LogP contribution in [0.5, 0.6) is 11.5 Å². The van der Waals surface area contributed by atoms with Gasteiger partial charge in [0.1, 0.15) is 11.5 Å². The number of phenolic OH excluding ortho intramolecular Hbond substituents is 2. The van der Waals surface area contributed by atoms with Crippen molar-refractivity contribution in [1.29, 1.82) is 0 Å². The summed E-state index contributed by atoms with van der Waals surface area (Å²) in [5, 5.41) is 59.1. The van der Waals surface area contributed by atoms with Gasteiger partial charge in [-0.25, -0.2) is 0 Å². The molecule has 0 aliphatic heterocycles. The Kier molecular flexibility index (Phi) is 9.87.